The molecule has 2 fully saturated rings. The zero-order chi connectivity index (χ0) is 20.2. The maximum absolute atomic E-state index is 12.9. The smallest absolute Gasteiger partial charge is 0.236 e. The van der Waals surface area contributed by atoms with Crippen LogP contribution in [0.25, 0.3) is 0 Å². The molecule has 7 heteroatoms. The predicted octanol–water partition coefficient (Wildman–Crippen LogP) is 3.50. The molecule has 1 amide bonds. The van der Waals surface area contributed by atoms with Gasteiger partial charge < -0.3 is 9.47 Å². The number of hydrogen-bond acceptors (Lipinski definition) is 5. The van der Waals surface area contributed by atoms with Crippen molar-refractivity contribution >= 4 is 17.7 Å². The normalized spacial score (nSPS) is 22.9. The highest BCUT2D eigenvalue weighted by Gasteiger charge is 2.33. The summed E-state index contributed by atoms with van der Waals surface area (Å²) in [6.45, 7) is 5.51. The van der Waals surface area contributed by atoms with Crippen molar-refractivity contribution in [2.75, 3.05) is 26.2 Å². The number of likely N-dealkylation sites (tertiary alicyclic amines) is 2. The molecule has 156 valence electrons. The molecule has 29 heavy (non-hydrogen) atoms. The van der Waals surface area contributed by atoms with Gasteiger partial charge in [-0.05, 0) is 43.7 Å². The molecular weight excluding hydrogens is 382 g/mol. The van der Waals surface area contributed by atoms with E-state index in [9.17, 15) is 4.79 Å². The molecule has 2 aromatic rings. The van der Waals surface area contributed by atoms with Crippen LogP contribution in [0.15, 0.2) is 35.5 Å². The number of aromatic nitrogens is 3. The van der Waals surface area contributed by atoms with Crippen LogP contribution in [0.4, 0.5) is 0 Å². The quantitative estimate of drug-likeness (QED) is 0.679. The van der Waals surface area contributed by atoms with Gasteiger partial charge in [0.05, 0.1) is 12.6 Å². The third kappa shape index (κ3) is 4.83. The van der Waals surface area contributed by atoms with Crippen molar-refractivity contribution in [3.05, 3.63) is 41.7 Å². The van der Waals surface area contributed by atoms with E-state index in [0.29, 0.717) is 12.5 Å². The highest BCUT2D eigenvalue weighted by Crippen LogP contribution is 2.32. The fourth-order valence-electron chi connectivity index (χ4n) is 4.46. The predicted molar refractivity (Wildman–Crippen MR) is 116 cm³/mol. The van der Waals surface area contributed by atoms with Crippen LogP contribution < -0.4 is 0 Å². The average molecular weight is 414 g/mol. The molecule has 0 spiro atoms. The average Bonchev–Trinajstić information content (AvgIpc) is 3.33. The Labute approximate surface area is 177 Å². The van der Waals surface area contributed by atoms with Crippen LogP contribution in [0.2, 0.25) is 0 Å². The first-order chi connectivity index (χ1) is 14.1. The van der Waals surface area contributed by atoms with E-state index in [4.69, 9.17) is 0 Å². The number of thioether (sulfide) groups is 1. The Morgan fingerprint density at radius 2 is 1.93 bits per heavy atom. The minimum absolute atomic E-state index is 0.185. The maximum Gasteiger partial charge on any atom is 0.236 e. The molecule has 0 radical (unpaired) electrons. The lowest BCUT2D eigenvalue weighted by molar-refractivity contribution is -0.134. The van der Waals surface area contributed by atoms with Gasteiger partial charge in [0, 0.05) is 25.9 Å². The number of nitrogens with zero attached hydrogens (tertiary/aromatic N) is 5. The van der Waals surface area contributed by atoms with E-state index >= 15 is 0 Å². The van der Waals surface area contributed by atoms with Crippen LogP contribution in [0.5, 0.6) is 0 Å². The number of amides is 1. The van der Waals surface area contributed by atoms with Crippen LogP contribution >= 0.6 is 11.8 Å². The number of carbonyl (C=O) groups excluding carboxylic acids is 1. The molecule has 2 saturated heterocycles. The van der Waals surface area contributed by atoms with Gasteiger partial charge >= 0.3 is 0 Å². The van der Waals surface area contributed by atoms with Crippen molar-refractivity contribution in [3.63, 3.8) is 0 Å². The van der Waals surface area contributed by atoms with Crippen molar-refractivity contribution < 1.29 is 4.79 Å². The van der Waals surface area contributed by atoms with Crippen LogP contribution in [0.3, 0.4) is 0 Å². The molecule has 6 nitrogen and oxygen atoms in total. The molecule has 0 bridgehead atoms. The van der Waals surface area contributed by atoms with E-state index in [1.807, 2.05) is 13.1 Å². The Morgan fingerprint density at radius 1 is 1.14 bits per heavy atom. The van der Waals surface area contributed by atoms with E-state index in [2.05, 4.69) is 55.8 Å². The van der Waals surface area contributed by atoms with Crippen molar-refractivity contribution in [2.24, 2.45) is 13.0 Å². The first-order valence-electron chi connectivity index (χ1n) is 10.7. The highest BCUT2D eigenvalue weighted by atomic mass is 32.2. The summed E-state index contributed by atoms with van der Waals surface area (Å²) in [7, 11) is 2.05. The number of hydrogen-bond donors (Lipinski definition) is 0. The second kappa shape index (κ2) is 9.30. The van der Waals surface area contributed by atoms with E-state index in [1.165, 1.54) is 12.0 Å². The van der Waals surface area contributed by atoms with Gasteiger partial charge in [-0.3, -0.25) is 9.69 Å². The van der Waals surface area contributed by atoms with Gasteiger partial charge in [-0.15, -0.1) is 10.2 Å². The molecule has 0 aliphatic carbocycles. The summed E-state index contributed by atoms with van der Waals surface area (Å²) in [5, 5.41) is 9.90. The topological polar surface area (TPSA) is 54.3 Å². The molecule has 0 N–H and O–H groups in total. The van der Waals surface area contributed by atoms with Crippen molar-refractivity contribution in [3.8, 4) is 0 Å². The van der Waals surface area contributed by atoms with Crippen LogP contribution in [-0.4, -0.2) is 56.7 Å². The molecule has 2 aliphatic heterocycles. The summed E-state index contributed by atoms with van der Waals surface area (Å²) < 4.78 is 2.12. The molecule has 2 unspecified atom stereocenters. The molecule has 4 rings (SSSR count). The zero-order valence-electron chi connectivity index (χ0n) is 17.5. The third-order valence-corrected chi connectivity index (χ3v) is 7.18. The van der Waals surface area contributed by atoms with Gasteiger partial charge in [0.1, 0.15) is 0 Å². The number of piperidine rings is 1. The van der Waals surface area contributed by atoms with Crippen molar-refractivity contribution in [1.82, 2.24) is 24.6 Å². The summed E-state index contributed by atoms with van der Waals surface area (Å²) in [5.41, 5.74) is 1.28. The largest absolute Gasteiger partial charge is 0.341 e. The Balaban J connectivity index is 1.39. The summed E-state index contributed by atoms with van der Waals surface area (Å²) in [4.78, 5) is 17.2. The lowest BCUT2D eigenvalue weighted by Crippen LogP contribution is -2.44. The monoisotopic (exact) mass is 413 g/mol. The van der Waals surface area contributed by atoms with Crippen molar-refractivity contribution in [1.29, 1.82) is 0 Å². The number of carbonyl (C=O) groups is 1. The van der Waals surface area contributed by atoms with Gasteiger partial charge in [-0.25, -0.2) is 0 Å². The van der Waals surface area contributed by atoms with Crippen LogP contribution in [0, 0.1) is 5.92 Å². The van der Waals surface area contributed by atoms with E-state index in [0.717, 1.165) is 55.6 Å². The molecule has 1 aromatic carbocycles. The van der Waals surface area contributed by atoms with Crippen LogP contribution in [0.1, 0.15) is 50.0 Å². The molecule has 0 saturated carbocycles. The minimum Gasteiger partial charge on any atom is -0.341 e. The van der Waals surface area contributed by atoms with E-state index < -0.39 is 0 Å². The number of benzene rings is 1. The molecule has 1 aromatic heterocycles. The molecule has 3 heterocycles. The fraction of sp³-hybridized carbons (Fsp3) is 0.591. The first kappa shape index (κ1) is 20.4. The van der Waals surface area contributed by atoms with E-state index in [-0.39, 0.29) is 11.9 Å². The second-order valence-corrected chi connectivity index (χ2v) is 9.33. The lowest BCUT2D eigenvalue weighted by Gasteiger charge is -2.33. The standard InChI is InChI=1S/C22H31N5OS/c1-17-8-6-13-27(14-17)20(28)15-26-12-7-11-19(26)21-23-24-22(25(21)2)29-16-18-9-4-3-5-10-18/h3-5,9-10,17,19H,6-8,11-16H2,1-2H3. The lowest BCUT2D eigenvalue weighted by atomic mass is 10.0. The minimum atomic E-state index is 0.185. The molecule has 2 atom stereocenters. The van der Waals surface area contributed by atoms with Gasteiger partial charge in [0.2, 0.25) is 5.91 Å². The number of rotatable bonds is 6. The molecular formula is C22H31N5OS. The molecule has 2 aliphatic rings. The highest BCUT2D eigenvalue weighted by molar-refractivity contribution is 7.98. The van der Waals surface area contributed by atoms with Gasteiger partial charge in [0.25, 0.3) is 0 Å². The SMILES string of the molecule is CC1CCCN(C(=O)CN2CCCC2c2nnc(SCc3ccccc3)n2C)C1. The van der Waals surface area contributed by atoms with Gasteiger partial charge in [0.15, 0.2) is 11.0 Å². The Kier molecular flexibility index (Phi) is 6.55. The summed E-state index contributed by atoms with van der Waals surface area (Å²) >= 11 is 1.71. The zero-order valence-corrected chi connectivity index (χ0v) is 18.3. The Morgan fingerprint density at radius 3 is 2.72 bits per heavy atom. The first-order valence-corrected chi connectivity index (χ1v) is 11.7. The summed E-state index contributed by atoms with van der Waals surface area (Å²) in [5.74, 6) is 2.75. The summed E-state index contributed by atoms with van der Waals surface area (Å²) in [6, 6.07) is 10.6. The van der Waals surface area contributed by atoms with Crippen LogP contribution in [-0.2, 0) is 17.6 Å². The Bertz CT molecular complexity index is 824. The van der Waals surface area contributed by atoms with E-state index in [1.54, 1.807) is 11.8 Å². The second-order valence-electron chi connectivity index (χ2n) is 8.39. The third-order valence-electron chi connectivity index (χ3n) is 6.09. The maximum atomic E-state index is 12.9. The summed E-state index contributed by atoms with van der Waals surface area (Å²) in [6.07, 6.45) is 4.51. The van der Waals surface area contributed by atoms with Gasteiger partial charge in [-0.2, -0.15) is 0 Å². The Hall–Kier alpha value is -1.86. The van der Waals surface area contributed by atoms with Crippen molar-refractivity contribution in [2.45, 2.75) is 49.6 Å². The van der Waals surface area contributed by atoms with Gasteiger partial charge in [-0.1, -0.05) is 49.0 Å². The fourth-order valence-corrected chi connectivity index (χ4v) is 5.34.